The standard InChI is InChI=1S/C15H20N6O/c1-2-14(22)20-9-7-19(8-10-20)13-6-5-12-16-17-15(11-3-4-11)21(12)18-13/h5-6,11H,2-4,7-10H2,1H3. The molecule has 0 N–H and O–H groups in total. The summed E-state index contributed by atoms with van der Waals surface area (Å²) in [5, 5.41) is 13.2. The van der Waals surface area contributed by atoms with Gasteiger partial charge < -0.3 is 9.80 Å². The third-order valence-corrected chi connectivity index (χ3v) is 4.47. The van der Waals surface area contributed by atoms with Crippen molar-refractivity contribution < 1.29 is 4.79 Å². The first-order valence-corrected chi connectivity index (χ1v) is 8.01. The van der Waals surface area contributed by atoms with Crippen LogP contribution in [0.4, 0.5) is 5.82 Å². The van der Waals surface area contributed by atoms with Gasteiger partial charge in [0.1, 0.15) is 5.82 Å². The molecule has 0 bridgehead atoms. The second-order valence-electron chi connectivity index (χ2n) is 6.02. The number of aromatic nitrogens is 4. The minimum atomic E-state index is 0.234. The maximum Gasteiger partial charge on any atom is 0.222 e. The van der Waals surface area contributed by atoms with Crippen LogP contribution in [0.25, 0.3) is 5.65 Å². The van der Waals surface area contributed by atoms with Crippen molar-refractivity contribution in [3.63, 3.8) is 0 Å². The van der Waals surface area contributed by atoms with Gasteiger partial charge in [-0.1, -0.05) is 6.92 Å². The van der Waals surface area contributed by atoms with Crippen molar-refractivity contribution >= 4 is 17.4 Å². The summed E-state index contributed by atoms with van der Waals surface area (Å²) in [5.41, 5.74) is 0.811. The third-order valence-electron chi connectivity index (χ3n) is 4.47. The predicted octanol–water partition coefficient (Wildman–Crippen LogP) is 1.06. The number of piperazine rings is 1. The number of fused-ring (bicyclic) bond motifs is 1. The molecule has 2 aliphatic rings. The highest BCUT2D eigenvalue weighted by molar-refractivity contribution is 5.76. The van der Waals surface area contributed by atoms with Crippen molar-refractivity contribution in [3.8, 4) is 0 Å². The minimum absolute atomic E-state index is 0.234. The third kappa shape index (κ3) is 2.30. The van der Waals surface area contributed by atoms with Crippen LogP contribution in [0, 0.1) is 0 Å². The summed E-state index contributed by atoms with van der Waals surface area (Å²) >= 11 is 0. The first-order valence-electron chi connectivity index (χ1n) is 8.01. The SMILES string of the molecule is CCC(=O)N1CCN(c2ccc3nnc(C4CC4)n3n2)CC1. The Morgan fingerprint density at radius 1 is 1.18 bits per heavy atom. The molecule has 1 saturated heterocycles. The Hall–Kier alpha value is -2.18. The summed E-state index contributed by atoms with van der Waals surface area (Å²) in [5.74, 6) is 2.68. The summed E-state index contributed by atoms with van der Waals surface area (Å²) in [7, 11) is 0. The van der Waals surface area contributed by atoms with E-state index in [1.807, 2.05) is 28.5 Å². The lowest BCUT2D eigenvalue weighted by Crippen LogP contribution is -2.49. The van der Waals surface area contributed by atoms with Crippen LogP contribution in [0.5, 0.6) is 0 Å². The molecule has 116 valence electrons. The fourth-order valence-electron chi connectivity index (χ4n) is 2.97. The largest absolute Gasteiger partial charge is 0.352 e. The number of rotatable bonds is 3. The molecule has 0 unspecified atom stereocenters. The molecule has 1 amide bonds. The first kappa shape index (κ1) is 13.5. The van der Waals surface area contributed by atoms with Crippen molar-refractivity contribution in [2.75, 3.05) is 31.1 Å². The van der Waals surface area contributed by atoms with Gasteiger partial charge in [0.15, 0.2) is 11.5 Å². The molecule has 0 spiro atoms. The topological polar surface area (TPSA) is 66.6 Å². The molecular weight excluding hydrogens is 280 g/mol. The number of amides is 1. The predicted molar refractivity (Wildman–Crippen MR) is 81.8 cm³/mol. The molecule has 3 heterocycles. The smallest absolute Gasteiger partial charge is 0.222 e. The van der Waals surface area contributed by atoms with E-state index in [2.05, 4.69) is 15.1 Å². The molecule has 2 fully saturated rings. The van der Waals surface area contributed by atoms with Crippen LogP contribution in [0.3, 0.4) is 0 Å². The van der Waals surface area contributed by atoms with Gasteiger partial charge in [-0.25, -0.2) is 0 Å². The Balaban J connectivity index is 1.54. The lowest BCUT2D eigenvalue weighted by atomic mass is 10.3. The van der Waals surface area contributed by atoms with Gasteiger partial charge in [-0.05, 0) is 25.0 Å². The maximum absolute atomic E-state index is 11.7. The van der Waals surface area contributed by atoms with Gasteiger partial charge in [0, 0.05) is 38.5 Å². The highest BCUT2D eigenvalue weighted by atomic mass is 16.2. The van der Waals surface area contributed by atoms with Crippen molar-refractivity contribution in [2.24, 2.45) is 0 Å². The Labute approximate surface area is 128 Å². The lowest BCUT2D eigenvalue weighted by molar-refractivity contribution is -0.131. The fourth-order valence-corrected chi connectivity index (χ4v) is 2.97. The molecule has 7 nitrogen and oxygen atoms in total. The summed E-state index contributed by atoms with van der Waals surface area (Å²) in [6, 6.07) is 3.97. The summed E-state index contributed by atoms with van der Waals surface area (Å²) < 4.78 is 1.89. The van der Waals surface area contributed by atoms with Gasteiger partial charge in [-0.15, -0.1) is 15.3 Å². The molecule has 1 saturated carbocycles. The highest BCUT2D eigenvalue weighted by Crippen LogP contribution is 2.38. The molecule has 2 aromatic rings. The zero-order valence-corrected chi connectivity index (χ0v) is 12.8. The van der Waals surface area contributed by atoms with Crippen LogP contribution < -0.4 is 4.90 Å². The normalized spacial score (nSPS) is 19.0. The average Bonchev–Trinajstić information content (AvgIpc) is 3.33. The number of hydrogen-bond donors (Lipinski definition) is 0. The van der Waals surface area contributed by atoms with Crippen LogP contribution in [0.2, 0.25) is 0 Å². The van der Waals surface area contributed by atoms with Gasteiger partial charge >= 0.3 is 0 Å². The van der Waals surface area contributed by atoms with E-state index in [9.17, 15) is 4.79 Å². The van der Waals surface area contributed by atoms with E-state index in [1.165, 1.54) is 12.8 Å². The maximum atomic E-state index is 11.7. The molecule has 2 aromatic heterocycles. The number of nitrogens with zero attached hydrogens (tertiary/aromatic N) is 6. The zero-order valence-electron chi connectivity index (χ0n) is 12.8. The van der Waals surface area contributed by atoms with Gasteiger partial charge in [0.2, 0.25) is 5.91 Å². The summed E-state index contributed by atoms with van der Waals surface area (Å²) in [4.78, 5) is 15.9. The average molecular weight is 300 g/mol. The first-order chi connectivity index (χ1) is 10.8. The van der Waals surface area contributed by atoms with Crippen molar-refractivity contribution in [3.05, 3.63) is 18.0 Å². The van der Waals surface area contributed by atoms with Gasteiger partial charge in [0.05, 0.1) is 0 Å². The number of carbonyl (C=O) groups is 1. The fraction of sp³-hybridized carbons (Fsp3) is 0.600. The number of hydrogen-bond acceptors (Lipinski definition) is 5. The Bertz CT molecular complexity index is 699. The molecule has 4 rings (SSSR count). The lowest BCUT2D eigenvalue weighted by Gasteiger charge is -2.35. The molecule has 1 aliphatic heterocycles. The summed E-state index contributed by atoms with van der Waals surface area (Å²) in [6.45, 7) is 5.10. The van der Waals surface area contributed by atoms with Crippen LogP contribution in [0.15, 0.2) is 12.1 Å². The minimum Gasteiger partial charge on any atom is -0.352 e. The van der Waals surface area contributed by atoms with E-state index in [0.717, 1.165) is 43.5 Å². The van der Waals surface area contributed by atoms with Crippen LogP contribution in [-0.2, 0) is 4.79 Å². The molecule has 1 aliphatic carbocycles. The molecule has 0 radical (unpaired) electrons. The quantitative estimate of drug-likeness (QED) is 0.848. The summed E-state index contributed by atoms with van der Waals surface area (Å²) in [6.07, 6.45) is 2.95. The second kappa shape index (κ2) is 5.23. The van der Waals surface area contributed by atoms with E-state index in [4.69, 9.17) is 5.10 Å². The molecular formula is C15H20N6O. The zero-order chi connectivity index (χ0) is 15.1. The van der Waals surface area contributed by atoms with E-state index in [-0.39, 0.29) is 5.91 Å². The van der Waals surface area contributed by atoms with E-state index >= 15 is 0 Å². The van der Waals surface area contributed by atoms with E-state index in [1.54, 1.807) is 0 Å². The Kier molecular flexibility index (Phi) is 3.20. The van der Waals surface area contributed by atoms with Gasteiger partial charge in [-0.3, -0.25) is 4.79 Å². The highest BCUT2D eigenvalue weighted by Gasteiger charge is 2.29. The van der Waals surface area contributed by atoms with Crippen molar-refractivity contribution in [1.29, 1.82) is 0 Å². The molecule has 22 heavy (non-hydrogen) atoms. The monoisotopic (exact) mass is 300 g/mol. The van der Waals surface area contributed by atoms with E-state index in [0.29, 0.717) is 12.3 Å². The van der Waals surface area contributed by atoms with Crippen LogP contribution >= 0.6 is 0 Å². The molecule has 7 heteroatoms. The van der Waals surface area contributed by atoms with Crippen molar-refractivity contribution in [1.82, 2.24) is 24.7 Å². The van der Waals surface area contributed by atoms with Crippen LogP contribution in [0.1, 0.15) is 37.9 Å². The Morgan fingerprint density at radius 2 is 1.95 bits per heavy atom. The van der Waals surface area contributed by atoms with Crippen molar-refractivity contribution in [2.45, 2.75) is 32.1 Å². The Morgan fingerprint density at radius 3 is 2.64 bits per heavy atom. The number of anilines is 1. The second-order valence-corrected chi connectivity index (χ2v) is 6.02. The van der Waals surface area contributed by atoms with Crippen LogP contribution in [-0.4, -0.2) is 56.8 Å². The van der Waals surface area contributed by atoms with E-state index < -0.39 is 0 Å². The van der Waals surface area contributed by atoms with Gasteiger partial charge in [-0.2, -0.15) is 4.52 Å². The number of carbonyl (C=O) groups excluding carboxylic acids is 1. The molecule has 0 aromatic carbocycles. The van der Waals surface area contributed by atoms with Gasteiger partial charge in [0.25, 0.3) is 0 Å². The molecule has 0 atom stereocenters.